The lowest BCUT2D eigenvalue weighted by Crippen LogP contribution is -1.97. The molecule has 3 aromatic heterocycles. The van der Waals surface area contributed by atoms with Crippen LogP contribution in [0.3, 0.4) is 0 Å². The van der Waals surface area contributed by atoms with Crippen molar-refractivity contribution in [1.29, 1.82) is 0 Å². The summed E-state index contributed by atoms with van der Waals surface area (Å²) in [5, 5.41) is 7.28. The molecule has 0 aliphatic carbocycles. The van der Waals surface area contributed by atoms with E-state index in [0.29, 0.717) is 23.9 Å². The number of aromatic nitrogens is 6. The van der Waals surface area contributed by atoms with Gasteiger partial charge in [0, 0.05) is 34.3 Å². The predicted octanol–water partition coefficient (Wildman–Crippen LogP) is 3.50. The maximum Gasteiger partial charge on any atom is 0.181 e. The molecule has 3 heterocycles. The zero-order valence-electron chi connectivity index (χ0n) is 14.2. The highest BCUT2D eigenvalue weighted by Gasteiger charge is 2.13. The highest BCUT2D eigenvalue weighted by molar-refractivity contribution is 5.64. The highest BCUT2D eigenvalue weighted by Crippen LogP contribution is 2.23. The number of aryl methyl sites for hydroxylation is 1. The molecular formula is C19H23N7. The van der Waals surface area contributed by atoms with Gasteiger partial charge in [0.05, 0.1) is 17.6 Å². The van der Waals surface area contributed by atoms with E-state index in [1.807, 2.05) is 43.3 Å². The summed E-state index contributed by atoms with van der Waals surface area (Å²) >= 11 is 0. The van der Waals surface area contributed by atoms with E-state index in [1.54, 1.807) is 18.6 Å². The molecule has 0 unspecified atom stereocenters. The average Bonchev–Trinajstić information content (AvgIpc) is 3.19. The third-order valence-electron chi connectivity index (χ3n) is 4.07. The van der Waals surface area contributed by atoms with Crippen LogP contribution >= 0.6 is 0 Å². The standard InChI is InChI=1S/C19H17N7.3H2/c1-12-17(23-16(11-22-12)15-3-2-8-21-10-15)19-24-18(25-26-19)14-6-4-13(9-20)5-7-14;;;/h2-8,10-11H,9,20H2,1H3,(H,24,25,26);3*1H. The zero-order valence-corrected chi connectivity index (χ0v) is 14.2. The van der Waals surface area contributed by atoms with E-state index in [-0.39, 0.29) is 4.28 Å². The summed E-state index contributed by atoms with van der Waals surface area (Å²) in [6, 6.07) is 11.7. The number of hydrogen-bond acceptors (Lipinski definition) is 6. The lowest BCUT2D eigenvalue weighted by molar-refractivity contribution is 1.06. The number of nitrogens with zero attached hydrogens (tertiary/aromatic N) is 5. The van der Waals surface area contributed by atoms with E-state index in [2.05, 4.69) is 25.1 Å². The van der Waals surface area contributed by atoms with E-state index in [9.17, 15) is 0 Å². The number of rotatable bonds is 4. The van der Waals surface area contributed by atoms with Gasteiger partial charge in [-0.2, -0.15) is 5.10 Å². The number of nitrogens with two attached hydrogens (primary N) is 1. The highest BCUT2D eigenvalue weighted by atomic mass is 15.2. The van der Waals surface area contributed by atoms with Gasteiger partial charge in [0.25, 0.3) is 0 Å². The molecule has 3 N–H and O–H groups in total. The van der Waals surface area contributed by atoms with Crippen LogP contribution in [0.25, 0.3) is 34.2 Å². The van der Waals surface area contributed by atoms with Gasteiger partial charge in [0.15, 0.2) is 11.6 Å². The molecule has 4 rings (SSSR count). The Kier molecular flexibility index (Phi) is 4.20. The van der Waals surface area contributed by atoms with E-state index < -0.39 is 0 Å². The molecule has 0 saturated carbocycles. The molecule has 134 valence electrons. The van der Waals surface area contributed by atoms with Crippen LogP contribution in [0.2, 0.25) is 0 Å². The molecular weight excluding hydrogens is 326 g/mol. The first-order chi connectivity index (χ1) is 12.7. The van der Waals surface area contributed by atoms with Gasteiger partial charge in [-0.05, 0) is 24.6 Å². The van der Waals surface area contributed by atoms with Gasteiger partial charge in [-0.1, -0.05) is 24.3 Å². The number of nitrogens with one attached hydrogen (secondary N) is 1. The molecule has 4 aromatic rings. The maximum absolute atomic E-state index is 5.64. The lowest BCUT2D eigenvalue weighted by atomic mass is 10.1. The topological polar surface area (TPSA) is 106 Å². The third-order valence-corrected chi connectivity index (χ3v) is 4.07. The summed E-state index contributed by atoms with van der Waals surface area (Å²) in [4.78, 5) is 17.9. The SMILES string of the molecule is Cc1ncc(-c2cccnc2)nc1-c1nc(-c2ccc(CN)cc2)n[nH]1.[HH].[HH].[HH]. The van der Waals surface area contributed by atoms with Crippen molar-refractivity contribution in [2.75, 3.05) is 0 Å². The number of aromatic amines is 1. The van der Waals surface area contributed by atoms with Crippen LogP contribution in [0.15, 0.2) is 55.0 Å². The predicted molar refractivity (Wildman–Crippen MR) is 105 cm³/mol. The molecule has 0 spiro atoms. The van der Waals surface area contributed by atoms with Crippen LogP contribution < -0.4 is 5.73 Å². The molecule has 0 saturated heterocycles. The van der Waals surface area contributed by atoms with Gasteiger partial charge >= 0.3 is 0 Å². The summed E-state index contributed by atoms with van der Waals surface area (Å²) in [5.74, 6) is 1.19. The number of pyridine rings is 1. The first-order valence-electron chi connectivity index (χ1n) is 8.21. The normalized spacial score (nSPS) is 10.8. The summed E-state index contributed by atoms with van der Waals surface area (Å²) in [6.45, 7) is 2.41. The minimum atomic E-state index is 0. The summed E-state index contributed by atoms with van der Waals surface area (Å²) in [5.41, 5.74) is 10.7. The molecule has 26 heavy (non-hydrogen) atoms. The van der Waals surface area contributed by atoms with Crippen molar-refractivity contribution >= 4 is 0 Å². The summed E-state index contributed by atoms with van der Waals surface area (Å²) in [7, 11) is 0. The largest absolute Gasteiger partial charge is 0.326 e. The number of H-pyrrole nitrogens is 1. The second kappa shape index (κ2) is 6.81. The van der Waals surface area contributed by atoms with E-state index >= 15 is 0 Å². The minimum Gasteiger partial charge on any atom is -0.326 e. The quantitative estimate of drug-likeness (QED) is 0.584. The molecule has 0 bridgehead atoms. The van der Waals surface area contributed by atoms with Gasteiger partial charge in [0.2, 0.25) is 0 Å². The molecule has 0 radical (unpaired) electrons. The van der Waals surface area contributed by atoms with Crippen molar-refractivity contribution in [3.05, 3.63) is 66.2 Å². The molecule has 0 atom stereocenters. The van der Waals surface area contributed by atoms with Gasteiger partial charge in [-0.15, -0.1) is 0 Å². The van der Waals surface area contributed by atoms with Crippen molar-refractivity contribution in [3.63, 3.8) is 0 Å². The Hall–Kier alpha value is -3.45. The van der Waals surface area contributed by atoms with Gasteiger partial charge in [0.1, 0.15) is 5.69 Å². The monoisotopic (exact) mass is 349 g/mol. The Labute approximate surface area is 154 Å². The van der Waals surface area contributed by atoms with Gasteiger partial charge in [-0.25, -0.2) is 9.97 Å². The fourth-order valence-electron chi connectivity index (χ4n) is 2.61. The van der Waals surface area contributed by atoms with Gasteiger partial charge in [-0.3, -0.25) is 15.1 Å². The van der Waals surface area contributed by atoms with Crippen molar-refractivity contribution in [2.24, 2.45) is 5.73 Å². The van der Waals surface area contributed by atoms with E-state index in [0.717, 1.165) is 28.1 Å². The van der Waals surface area contributed by atoms with Crippen LogP contribution in [0.1, 0.15) is 15.5 Å². The molecule has 7 nitrogen and oxygen atoms in total. The zero-order chi connectivity index (χ0) is 17.9. The average molecular weight is 349 g/mol. The van der Waals surface area contributed by atoms with Crippen molar-refractivity contribution in [1.82, 2.24) is 30.1 Å². The molecule has 0 fully saturated rings. The van der Waals surface area contributed by atoms with Crippen molar-refractivity contribution < 1.29 is 4.28 Å². The van der Waals surface area contributed by atoms with Crippen LogP contribution in [-0.2, 0) is 6.54 Å². The van der Waals surface area contributed by atoms with Gasteiger partial charge < -0.3 is 5.73 Å². The minimum absolute atomic E-state index is 0. The Morgan fingerprint density at radius 1 is 1.04 bits per heavy atom. The smallest absolute Gasteiger partial charge is 0.181 e. The van der Waals surface area contributed by atoms with Crippen molar-refractivity contribution in [3.8, 4) is 34.2 Å². The molecule has 0 aliphatic rings. The lowest BCUT2D eigenvalue weighted by Gasteiger charge is -2.04. The maximum atomic E-state index is 5.64. The number of hydrogen-bond donors (Lipinski definition) is 2. The fraction of sp³-hybridized carbons (Fsp3) is 0.105. The third kappa shape index (κ3) is 3.07. The van der Waals surface area contributed by atoms with E-state index in [4.69, 9.17) is 10.7 Å². The molecule has 0 aliphatic heterocycles. The second-order valence-electron chi connectivity index (χ2n) is 5.84. The second-order valence-corrected chi connectivity index (χ2v) is 5.84. The Bertz CT molecular complexity index is 1040. The Morgan fingerprint density at radius 3 is 2.62 bits per heavy atom. The van der Waals surface area contributed by atoms with Crippen molar-refractivity contribution in [2.45, 2.75) is 13.5 Å². The first-order valence-corrected chi connectivity index (χ1v) is 8.21. The Morgan fingerprint density at radius 2 is 1.88 bits per heavy atom. The number of benzene rings is 1. The van der Waals surface area contributed by atoms with Crippen LogP contribution in [0.4, 0.5) is 0 Å². The molecule has 1 aromatic carbocycles. The Balaban J connectivity index is 0.00000140. The fourth-order valence-corrected chi connectivity index (χ4v) is 2.61. The summed E-state index contributed by atoms with van der Waals surface area (Å²) < 4.78 is 0. The van der Waals surface area contributed by atoms with E-state index in [1.165, 1.54) is 0 Å². The molecule has 7 heteroatoms. The summed E-state index contributed by atoms with van der Waals surface area (Å²) in [6.07, 6.45) is 5.22. The van der Waals surface area contributed by atoms with Crippen LogP contribution in [0, 0.1) is 6.92 Å². The van der Waals surface area contributed by atoms with Crippen LogP contribution in [-0.4, -0.2) is 30.1 Å². The van der Waals surface area contributed by atoms with Crippen LogP contribution in [0.5, 0.6) is 0 Å². The first kappa shape index (κ1) is 16.0. The molecule has 0 amide bonds.